The molecule has 0 bridgehead atoms. The maximum absolute atomic E-state index is 12.2. The molecule has 2 aliphatic rings. The molecule has 1 amide bonds. The van der Waals surface area contributed by atoms with Gasteiger partial charge >= 0.3 is 6.09 Å². The summed E-state index contributed by atoms with van der Waals surface area (Å²) in [6.45, 7) is 5.62. The Morgan fingerprint density at radius 3 is 2.67 bits per heavy atom. The second-order valence-electron chi connectivity index (χ2n) is 6.16. The van der Waals surface area contributed by atoms with Crippen LogP contribution in [-0.2, 0) is 9.47 Å². The summed E-state index contributed by atoms with van der Waals surface area (Å²) in [7, 11) is 0. The molecule has 0 aliphatic carbocycles. The molecule has 114 valence electrons. The van der Waals surface area contributed by atoms with E-state index in [1.54, 1.807) is 4.90 Å². The van der Waals surface area contributed by atoms with Gasteiger partial charge in [-0.15, -0.1) is 0 Å². The minimum absolute atomic E-state index is 0.0154. The van der Waals surface area contributed by atoms with Crippen molar-refractivity contribution in [3.8, 4) is 0 Å². The fraction of sp³-hybridized carbons (Fsp3) is 0.562. The van der Waals surface area contributed by atoms with E-state index < -0.39 is 0 Å². The monoisotopic (exact) mass is 353 g/mol. The molecule has 2 fully saturated rings. The van der Waals surface area contributed by atoms with Crippen LogP contribution in [0.4, 0.5) is 4.79 Å². The van der Waals surface area contributed by atoms with Crippen LogP contribution in [0, 0.1) is 0 Å². The van der Waals surface area contributed by atoms with Crippen LogP contribution in [0.5, 0.6) is 0 Å². The molecule has 0 radical (unpaired) electrons. The van der Waals surface area contributed by atoms with Gasteiger partial charge in [0.05, 0.1) is 18.2 Å². The van der Waals surface area contributed by atoms with Gasteiger partial charge in [0.25, 0.3) is 0 Å². The standard InChI is InChI=1S/C16H20BrNO3/c1-11(12-3-5-13(17)6-4-12)18-8-7-14(21-15(18)19)9-16(2)10-20-16/h3-6,11,14H,7-10H2,1-2H3/t11-,14-,16?/m0/s1. The summed E-state index contributed by atoms with van der Waals surface area (Å²) < 4.78 is 12.0. The summed E-state index contributed by atoms with van der Waals surface area (Å²) in [5, 5.41) is 0. The summed E-state index contributed by atoms with van der Waals surface area (Å²) >= 11 is 3.43. The van der Waals surface area contributed by atoms with Crippen LogP contribution in [-0.4, -0.2) is 35.8 Å². The number of epoxide rings is 1. The lowest BCUT2D eigenvalue weighted by Crippen LogP contribution is -2.44. The number of rotatable bonds is 4. The molecule has 2 aliphatic heterocycles. The second-order valence-corrected chi connectivity index (χ2v) is 7.07. The van der Waals surface area contributed by atoms with Gasteiger partial charge in [-0.1, -0.05) is 28.1 Å². The maximum Gasteiger partial charge on any atom is 0.410 e. The molecule has 1 aromatic carbocycles. The lowest BCUT2D eigenvalue weighted by molar-refractivity contribution is 0.00176. The Labute approximate surface area is 133 Å². The molecule has 1 unspecified atom stereocenters. The lowest BCUT2D eigenvalue weighted by atomic mass is 10.0. The van der Waals surface area contributed by atoms with E-state index in [1.165, 1.54) is 0 Å². The van der Waals surface area contributed by atoms with Crippen molar-refractivity contribution in [3.05, 3.63) is 34.3 Å². The van der Waals surface area contributed by atoms with E-state index in [-0.39, 0.29) is 23.8 Å². The number of ether oxygens (including phenoxy) is 2. The van der Waals surface area contributed by atoms with Gasteiger partial charge in [0.1, 0.15) is 6.10 Å². The fourth-order valence-electron chi connectivity index (χ4n) is 2.78. The Balaban J connectivity index is 1.62. The first-order valence-corrected chi connectivity index (χ1v) is 8.13. The van der Waals surface area contributed by atoms with Crippen LogP contribution in [0.1, 0.15) is 38.3 Å². The van der Waals surface area contributed by atoms with Gasteiger partial charge in [0.15, 0.2) is 0 Å². The Bertz CT molecular complexity index is 527. The first-order valence-electron chi connectivity index (χ1n) is 7.33. The molecular weight excluding hydrogens is 334 g/mol. The summed E-state index contributed by atoms with van der Waals surface area (Å²) in [5.41, 5.74) is 1.05. The van der Waals surface area contributed by atoms with Crippen molar-refractivity contribution < 1.29 is 14.3 Å². The number of benzene rings is 1. The van der Waals surface area contributed by atoms with Crippen molar-refractivity contribution in [2.75, 3.05) is 13.2 Å². The average molecular weight is 354 g/mol. The fourth-order valence-corrected chi connectivity index (χ4v) is 3.05. The first kappa shape index (κ1) is 14.9. The highest BCUT2D eigenvalue weighted by atomic mass is 79.9. The molecule has 5 heteroatoms. The van der Waals surface area contributed by atoms with Crippen LogP contribution in [0.15, 0.2) is 28.7 Å². The van der Waals surface area contributed by atoms with Crippen molar-refractivity contribution >= 4 is 22.0 Å². The Hall–Kier alpha value is -1.07. The molecule has 0 N–H and O–H groups in total. The van der Waals surface area contributed by atoms with Crippen molar-refractivity contribution in [1.82, 2.24) is 4.90 Å². The van der Waals surface area contributed by atoms with Crippen LogP contribution < -0.4 is 0 Å². The summed E-state index contributed by atoms with van der Waals surface area (Å²) in [6, 6.07) is 8.09. The van der Waals surface area contributed by atoms with Crippen LogP contribution in [0.25, 0.3) is 0 Å². The molecule has 0 aromatic heterocycles. The third kappa shape index (κ3) is 3.40. The Kier molecular flexibility index (Phi) is 3.97. The average Bonchev–Trinajstić information content (AvgIpc) is 3.16. The van der Waals surface area contributed by atoms with Crippen molar-refractivity contribution in [3.63, 3.8) is 0 Å². The zero-order chi connectivity index (χ0) is 15.0. The number of carbonyl (C=O) groups is 1. The van der Waals surface area contributed by atoms with Crippen LogP contribution in [0.2, 0.25) is 0 Å². The van der Waals surface area contributed by atoms with Crippen molar-refractivity contribution in [2.45, 2.75) is 44.4 Å². The van der Waals surface area contributed by atoms with E-state index in [1.807, 2.05) is 31.2 Å². The highest BCUT2D eigenvalue weighted by molar-refractivity contribution is 9.10. The molecule has 0 spiro atoms. The highest BCUT2D eigenvalue weighted by Crippen LogP contribution is 2.35. The molecule has 3 atom stereocenters. The quantitative estimate of drug-likeness (QED) is 0.770. The maximum atomic E-state index is 12.2. The Morgan fingerprint density at radius 1 is 1.43 bits per heavy atom. The van der Waals surface area contributed by atoms with Crippen LogP contribution >= 0.6 is 15.9 Å². The number of amides is 1. The molecular formula is C16H20BrNO3. The summed E-state index contributed by atoms with van der Waals surface area (Å²) in [5.74, 6) is 0. The number of halogens is 1. The lowest BCUT2D eigenvalue weighted by Gasteiger charge is -2.36. The third-order valence-electron chi connectivity index (χ3n) is 4.31. The molecule has 2 heterocycles. The topological polar surface area (TPSA) is 42.1 Å². The molecule has 3 rings (SSSR count). The van der Waals surface area contributed by atoms with Gasteiger partial charge < -0.3 is 14.4 Å². The SMILES string of the molecule is C[C@@H](c1ccc(Br)cc1)N1CC[C@@H](CC2(C)CO2)OC1=O. The minimum atomic E-state index is -0.217. The summed E-state index contributed by atoms with van der Waals surface area (Å²) in [4.78, 5) is 14.0. The first-order chi connectivity index (χ1) is 9.97. The summed E-state index contributed by atoms with van der Waals surface area (Å²) in [6.07, 6.45) is 1.44. The highest BCUT2D eigenvalue weighted by Gasteiger charge is 2.44. The number of hydrogen-bond donors (Lipinski definition) is 0. The van der Waals surface area contributed by atoms with Gasteiger partial charge in [-0.2, -0.15) is 0 Å². The molecule has 21 heavy (non-hydrogen) atoms. The van der Waals surface area contributed by atoms with Gasteiger partial charge in [-0.25, -0.2) is 4.79 Å². The number of hydrogen-bond acceptors (Lipinski definition) is 3. The number of carbonyl (C=O) groups excluding carboxylic acids is 1. The molecule has 1 aromatic rings. The van der Waals surface area contributed by atoms with E-state index in [2.05, 4.69) is 22.9 Å². The molecule has 4 nitrogen and oxygen atoms in total. The largest absolute Gasteiger partial charge is 0.446 e. The van der Waals surface area contributed by atoms with Gasteiger partial charge in [-0.3, -0.25) is 0 Å². The normalized spacial score (nSPS) is 30.0. The van der Waals surface area contributed by atoms with Gasteiger partial charge in [0, 0.05) is 23.9 Å². The predicted octanol–water partition coefficient (Wildman–Crippen LogP) is 3.90. The van der Waals surface area contributed by atoms with E-state index in [4.69, 9.17) is 9.47 Å². The molecule has 0 saturated carbocycles. The smallest absolute Gasteiger partial charge is 0.410 e. The van der Waals surface area contributed by atoms with Crippen molar-refractivity contribution in [1.29, 1.82) is 0 Å². The van der Waals surface area contributed by atoms with E-state index >= 15 is 0 Å². The third-order valence-corrected chi connectivity index (χ3v) is 4.84. The zero-order valence-corrected chi connectivity index (χ0v) is 13.9. The zero-order valence-electron chi connectivity index (χ0n) is 12.3. The van der Waals surface area contributed by atoms with E-state index in [0.717, 1.165) is 36.0 Å². The number of nitrogens with zero attached hydrogens (tertiary/aromatic N) is 1. The van der Waals surface area contributed by atoms with Crippen molar-refractivity contribution in [2.24, 2.45) is 0 Å². The number of cyclic esters (lactones) is 1. The van der Waals surface area contributed by atoms with E-state index in [0.29, 0.717) is 0 Å². The minimum Gasteiger partial charge on any atom is -0.446 e. The van der Waals surface area contributed by atoms with E-state index in [9.17, 15) is 4.79 Å². The van der Waals surface area contributed by atoms with Gasteiger partial charge in [-0.05, 0) is 31.5 Å². The molecule has 2 saturated heterocycles. The predicted molar refractivity (Wildman–Crippen MR) is 83.1 cm³/mol. The van der Waals surface area contributed by atoms with Crippen LogP contribution in [0.3, 0.4) is 0 Å². The second kappa shape index (κ2) is 5.61. The Morgan fingerprint density at radius 2 is 2.10 bits per heavy atom. The van der Waals surface area contributed by atoms with Gasteiger partial charge in [0.2, 0.25) is 0 Å².